The van der Waals surface area contributed by atoms with E-state index in [4.69, 9.17) is 14.2 Å². The lowest BCUT2D eigenvalue weighted by Crippen LogP contribution is -2.14. The van der Waals surface area contributed by atoms with Gasteiger partial charge in [-0.25, -0.2) is 4.79 Å². The van der Waals surface area contributed by atoms with Gasteiger partial charge >= 0.3 is 13.3 Å². The zero-order valence-corrected chi connectivity index (χ0v) is 26.2. The fourth-order valence-electron chi connectivity index (χ4n) is 4.46. The minimum atomic E-state index is -2.34. The Labute approximate surface area is 240 Å². The van der Waals surface area contributed by atoms with Crippen molar-refractivity contribution in [2.24, 2.45) is 0 Å². The number of carbonyl (C=O) groups excluding carboxylic acids is 1. The maximum Gasteiger partial charge on any atom is 0.462 e. The van der Waals surface area contributed by atoms with Crippen molar-refractivity contribution < 1.29 is 23.6 Å². The number of unbranched alkanes of at least 4 members (excludes halogenated alkanes) is 15. The summed E-state index contributed by atoms with van der Waals surface area (Å²) in [4.78, 5) is 12.3. The van der Waals surface area contributed by atoms with E-state index in [1.807, 2.05) is 0 Å². The molecule has 0 aromatic heterocycles. The van der Waals surface area contributed by atoms with Gasteiger partial charge in [0.15, 0.2) is 5.75 Å². The summed E-state index contributed by atoms with van der Waals surface area (Å²) >= 11 is 0. The van der Waals surface area contributed by atoms with Crippen LogP contribution in [-0.2, 0) is 9.36 Å². The van der Waals surface area contributed by atoms with Gasteiger partial charge in [-0.1, -0.05) is 128 Å². The highest BCUT2D eigenvalue weighted by molar-refractivity contribution is 7.71. The van der Waals surface area contributed by atoms with Crippen molar-refractivity contribution in [3.05, 3.63) is 24.8 Å². The quantitative estimate of drug-likeness (QED) is 0.0605. The van der Waals surface area contributed by atoms with Gasteiger partial charge in [0.05, 0.1) is 19.8 Å². The first-order valence-corrected chi connectivity index (χ1v) is 17.1. The molecule has 39 heavy (non-hydrogen) atoms. The van der Waals surface area contributed by atoms with Crippen LogP contribution in [0.3, 0.4) is 0 Å². The van der Waals surface area contributed by atoms with Gasteiger partial charge in [-0.2, -0.15) is 0 Å². The molecule has 6 heteroatoms. The number of hydrogen-bond donors (Lipinski definition) is 0. The maximum atomic E-state index is 13.1. The summed E-state index contributed by atoms with van der Waals surface area (Å²) in [6.07, 6.45) is 22.0. The predicted octanol–water partition coefficient (Wildman–Crippen LogP) is 10.1. The molecular formula is C33H56O5P+. The molecule has 1 unspecified atom stereocenters. The van der Waals surface area contributed by atoms with Crippen LogP contribution >= 0.6 is 7.80 Å². The van der Waals surface area contributed by atoms with Crippen molar-refractivity contribution in [1.29, 1.82) is 0 Å². The highest BCUT2D eigenvalue weighted by Crippen LogP contribution is 2.41. The maximum absolute atomic E-state index is 13.1. The first-order chi connectivity index (χ1) is 19.1. The van der Waals surface area contributed by atoms with E-state index >= 15 is 0 Å². The normalized spacial score (nSPS) is 11.3. The van der Waals surface area contributed by atoms with Crippen LogP contribution in [0.4, 0.5) is 0 Å². The molecule has 5 nitrogen and oxygen atoms in total. The van der Waals surface area contributed by atoms with E-state index in [1.54, 1.807) is 12.1 Å². The second kappa shape index (κ2) is 24.0. The Balaban J connectivity index is 3.01. The minimum Gasteiger partial charge on any atom is -0.490 e. The van der Waals surface area contributed by atoms with Crippen molar-refractivity contribution in [2.45, 2.75) is 136 Å². The summed E-state index contributed by atoms with van der Waals surface area (Å²) in [5.74, 6) is 1.48. The molecule has 222 valence electrons. The lowest BCUT2D eigenvalue weighted by atomic mass is 10.1. The molecule has 0 amide bonds. The average Bonchev–Trinajstić information content (AvgIpc) is 2.95. The molecule has 0 radical (unpaired) electrons. The zero-order valence-electron chi connectivity index (χ0n) is 25.3. The number of benzene rings is 1. The highest BCUT2D eigenvalue weighted by Gasteiger charge is 2.36. The summed E-state index contributed by atoms with van der Waals surface area (Å²) in [5, 5.41) is 0.366. The number of allylic oxidation sites excluding steroid dienone is 1. The van der Waals surface area contributed by atoms with Crippen molar-refractivity contribution >= 4 is 18.6 Å². The lowest BCUT2D eigenvalue weighted by Gasteiger charge is -2.17. The number of hydrogen-bond acceptors (Lipinski definition) is 5. The second-order valence-corrected chi connectivity index (χ2v) is 11.9. The van der Waals surface area contributed by atoms with Crippen LogP contribution in [0, 0.1) is 0 Å². The topological polar surface area (TPSA) is 61.8 Å². The summed E-state index contributed by atoms with van der Waals surface area (Å²) in [6.45, 7) is 11.8. The Bertz CT molecular complexity index is 808. The Hall–Kier alpha value is -1.87. The summed E-state index contributed by atoms with van der Waals surface area (Å²) in [7, 11) is -2.34. The van der Waals surface area contributed by atoms with Crippen LogP contribution in [0.5, 0.6) is 17.2 Å². The van der Waals surface area contributed by atoms with E-state index in [-0.39, 0.29) is 0 Å². The average molecular weight is 564 g/mol. The molecular weight excluding hydrogens is 507 g/mol. The SMILES string of the molecule is C=CC(=O)[P+](=O)c1ccc(OCCCCCCCC)c(OCCCCCCCC)c1OCCCCCCCC. The van der Waals surface area contributed by atoms with Crippen molar-refractivity contribution in [3.8, 4) is 17.2 Å². The summed E-state index contributed by atoms with van der Waals surface area (Å²) in [6, 6.07) is 3.48. The molecule has 0 heterocycles. The van der Waals surface area contributed by atoms with Gasteiger partial charge in [-0.3, -0.25) is 0 Å². The Morgan fingerprint density at radius 2 is 1.05 bits per heavy atom. The third-order valence-electron chi connectivity index (χ3n) is 6.89. The van der Waals surface area contributed by atoms with Gasteiger partial charge in [0.25, 0.3) is 0 Å². The van der Waals surface area contributed by atoms with E-state index in [2.05, 4.69) is 27.4 Å². The Morgan fingerprint density at radius 3 is 1.51 bits per heavy atom. The van der Waals surface area contributed by atoms with Crippen LogP contribution in [0.25, 0.3) is 0 Å². The van der Waals surface area contributed by atoms with E-state index < -0.39 is 13.3 Å². The van der Waals surface area contributed by atoms with Crippen molar-refractivity contribution in [2.75, 3.05) is 19.8 Å². The van der Waals surface area contributed by atoms with Gasteiger partial charge < -0.3 is 14.2 Å². The van der Waals surface area contributed by atoms with Gasteiger partial charge in [0.2, 0.25) is 16.8 Å². The third-order valence-corrected chi connectivity index (χ3v) is 8.27. The Morgan fingerprint density at radius 1 is 0.641 bits per heavy atom. The van der Waals surface area contributed by atoms with E-state index in [0.717, 1.165) is 44.6 Å². The molecule has 0 spiro atoms. The monoisotopic (exact) mass is 563 g/mol. The fourth-order valence-corrected chi connectivity index (χ4v) is 5.43. The smallest absolute Gasteiger partial charge is 0.462 e. The molecule has 1 atom stereocenters. The zero-order chi connectivity index (χ0) is 28.6. The van der Waals surface area contributed by atoms with Crippen LogP contribution in [0.15, 0.2) is 24.8 Å². The van der Waals surface area contributed by atoms with Gasteiger partial charge in [0.1, 0.15) is 0 Å². The highest BCUT2D eigenvalue weighted by atomic mass is 31.1. The van der Waals surface area contributed by atoms with E-state index in [1.165, 1.54) is 77.0 Å². The van der Waals surface area contributed by atoms with Crippen molar-refractivity contribution in [3.63, 3.8) is 0 Å². The molecule has 0 fully saturated rings. The molecule has 1 rings (SSSR count). The molecule has 1 aromatic rings. The summed E-state index contributed by atoms with van der Waals surface area (Å²) in [5.41, 5.74) is -0.503. The molecule has 1 aromatic carbocycles. The molecule has 0 saturated carbocycles. The molecule has 0 saturated heterocycles. The van der Waals surface area contributed by atoms with E-state index in [9.17, 15) is 9.36 Å². The first kappa shape index (κ1) is 35.2. The molecule has 0 N–H and O–H groups in total. The number of ether oxygens (including phenoxy) is 3. The van der Waals surface area contributed by atoms with Crippen LogP contribution in [-0.4, -0.2) is 25.3 Å². The van der Waals surface area contributed by atoms with E-state index in [0.29, 0.717) is 42.4 Å². The molecule has 0 aliphatic heterocycles. The van der Waals surface area contributed by atoms with Gasteiger partial charge in [0, 0.05) is 6.08 Å². The number of rotatable bonds is 27. The Kier molecular flexibility index (Phi) is 21.6. The third kappa shape index (κ3) is 15.5. The predicted molar refractivity (Wildman–Crippen MR) is 165 cm³/mol. The van der Waals surface area contributed by atoms with Gasteiger partial charge in [-0.05, 0) is 31.4 Å². The van der Waals surface area contributed by atoms with Crippen molar-refractivity contribution in [1.82, 2.24) is 0 Å². The lowest BCUT2D eigenvalue weighted by molar-refractivity contribution is -0.107. The largest absolute Gasteiger partial charge is 0.490 e. The summed E-state index contributed by atoms with van der Waals surface area (Å²) < 4.78 is 31.8. The fraction of sp³-hybridized carbons (Fsp3) is 0.727. The van der Waals surface area contributed by atoms with Crippen LogP contribution in [0.1, 0.15) is 136 Å². The second-order valence-electron chi connectivity index (χ2n) is 10.4. The van der Waals surface area contributed by atoms with Crippen LogP contribution in [0.2, 0.25) is 0 Å². The molecule has 0 bridgehead atoms. The molecule has 0 aliphatic rings. The minimum absolute atomic E-state index is 0.366. The standard InChI is InChI=1S/C33H56O5P/c1-5-9-12-15-18-21-26-36-29-24-25-30(39(35)31(34)8-4)33(38-28-23-20-17-14-11-7-3)32(29)37-27-22-19-16-13-10-6-2/h8,24-25H,4-7,9-23,26-28H2,1-3H3/q+1. The molecule has 0 aliphatic carbocycles. The van der Waals surface area contributed by atoms with Gasteiger partial charge in [-0.15, -0.1) is 0 Å². The number of carbonyl (C=O) groups is 1. The van der Waals surface area contributed by atoms with Crippen LogP contribution < -0.4 is 19.5 Å². The first-order valence-electron chi connectivity index (χ1n) is 15.8.